The molecule has 0 saturated heterocycles. The molecule has 0 aliphatic rings. The SMILES string of the molecule is c1ccc(-n2c3ccccc3c3cc(-n4c5ccccc5c5ccc(-c6ccccc6-n6c7ccccc7c7ccccc76)cc54)ccc32)cc1. The largest absolute Gasteiger partial charge is 0.309 e. The lowest BCUT2D eigenvalue weighted by Crippen LogP contribution is -1.98. The van der Waals surface area contributed by atoms with E-state index in [0.717, 1.165) is 5.69 Å². The molecule has 3 aromatic heterocycles. The summed E-state index contributed by atoms with van der Waals surface area (Å²) in [7, 11) is 0. The number of nitrogens with zero attached hydrogens (tertiary/aromatic N) is 3. The van der Waals surface area contributed by atoms with Crippen molar-refractivity contribution in [2.75, 3.05) is 0 Å². The first-order chi connectivity index (χ1) is 25.3. The van der Waals surface area contributed by atoms with Gasteiger partial charge >= 0.3 is 0 Å². The summed E-state index contributed by atoms with van der Waals surface area (Å²) < 4.78 is 7.26. The van der Waals surface area contributed by atoms with Gasteiger partial charge in [-0.2, -0.15) is 0 Å². The minimum atomic E-state index is 1.15. The average Bonchev–Trinajstić information content (AvgIpc) is 3.83. The Morgan fingerprint density at radius 1 is 0.255 bits per heavy atom. The third-order valence-corrected chi connectivity index (χ3v) is 10.6. The van der Waals surface area contributed by atoms with Crippen LogP contribution in [0, 0.1) is 0 Å². The lowest BCUT2D eigenvalue weighted by atomic mass is 10.0. The van der Waals surface area contributed by atoms with Gasteiger partial charge in [-0.05, 0) is 72.3 Å². The predicted molar refractivity (Wildman–Crippen MR) is 215 cm³/mol. The standard InChI is InChI=1S/C48H31N3/c1-2-14-33(15-3-1)49-44-23-11-8-20-39(44)41-31-34(27-29-47(41)49)50-43-22-10-5-19-38(43)40-28-26-32(30-48(40)50)35-16-4-9-21-42(35)51-45-24-12-6-17-36(45)37-18-7-13-25-46(37)51/h1-31H. The van der Waals surface area contributed by atoms with Gasteiger partial charge in [0.15, 0.2) is 0 Å². The Kier molecular flexibility index (Phi) is 5.96. The molecule has 11 rings (SSSR count). The molecule has 51 heavy (non-hydrogen) atoms. The van der Waals surface area contributed by atoms with E-state index in [2.05, 4.69) is 202 Å². The van der Waals surface area contributed by atoms with Gasteiger partial charge in [-0.1, -0.05) is 121 Å². The van der Waals surface area contributed by atoms with Crippen molar-refractivity contribution in [1.82, 2.24) is 13.7 Å². The van der Waals surface area contributed by atoms with Gasteiger partial charge < -0.3 is 13.7 Å². The van der Waals surface area contributed by atoms with Gasteiger partial charge in [-0.25, -0.2) is 0 Å². The first-order valence-corrected chi connectivity index (χ1v) is 17.5. The molecule has 0 fully saturated rings. The molecule has 3 nitrogen and oxygen atoms in total. The monoisotopic (exact) mass is 649 g/mol. The van der Waals surface area contributed by atoms with Crippen LogP contribution >= 0.6 is 0 Å². The number of fused-ring (bicyclic) bond motifs is 9. The normalized spacial score (nSPS) is 11.9. The lowest BCUT2D eigenvalue weighted by Gasteiger charge is -2.15. The van der Waals surface area contributed by atoms with Gasteiger partial charge in [-0.15, -0.1) is 0 Å². The summed E-state index contributed by atoms with van der Waals surface area (Å²) in [6.07, 6.45) is 0. The summed E-state index contributed by atoms with van der Waals surface area (Å²) in [5.74, 6) is 0. The minimum absolute atomic E-state index is 1.15. The summed E-state index contributed by atoms with van der Waals surface area (Å²) in [6.45, 7) is 0. The van der Waals surface area contributed by atoms with E-state index in [9.17, 15) is 0 Å². The molecule has 3 heteroatoms. The zero-order valence-electron chi connectivity index (χ0n) is 27.7. The molecule has 0 radical (unpaired) electrons. The van der Waals surface area contributed by atoms with Crippen molar-refractivity contribution in [3.05, 3.63) is 188 Å². The fraction of sp³-hybridized carbons (Fsp3) is 0. The second-order valence-corrected chi connectivity index (χ2v) is 13.4. The first-order valence-electron chi connectivity index (χ1n) is 17.5. The van der Waals surface area contributed by atoms with Crippen LogP contribution in [0.1, 0.15) is 0 Å². The van der Waals surface area contributed by atoms with Gasteiger partial charge in [0.25, 0.3) is 0 Å². The highest BCUT2D eigenvalue weighted by Gasteiger charge is 2.19. The van der Waals surface area contributed by atoms with Crippen molar-refractivity contribution in [2.24, 2.45) is 0 Å². The van der Waals surface area contributed by atoms with Crippen molar-refractivity contribution in [3.63, 3.8) is 0 Å². The molecule has 0 saturated carbocycles. The maximum Gasteiger partial charge on any atom is 0.0547 e. The summed E-state index contributed by atoms with van der Waals surface area (Å²) >= 11 is 0. The quantitative estimate of drug-likeness (QED) is 0.180. The second kappa shape index (κ2) is 10.8. The van der Waals surface area contributed by atoms with E-state index in [1.165, 1.54) is 87.9 Å². The number of hydrogen-bond donors (Lipinski definition) is 0. The Morgan fingerprint density at radius 3 is 1.37 bits per heavy atom. The smallest absolute Gasteiger partial charge is 0.0547 e. The number of hydrogen-bond acceptors (Lipinski definition) is 0. The summed E-state index contributed by atoms with van der Waals surface area (Å²) in [4.78, 5) is 0. The van der Waals surface area contributed by atoms with E-state index in [-0.39, 0.29) is 0 Å². The van der Waals surface area contributed by atoms with Gasteiger partial charge in [-0.3, -0.25) is 0 Å². The number of benzene rings is 8. The van der Waals surface area contributed by atoms with Crippen molar-refractivity contribution in [1.29, 1.82) is 0 Å². The third-order valence-electron chi connectivity index (χ3n) is 10.6. The highest BCUT2D eigenvalue weighted by atomic mass is 15.0. The van der Waals surface area contributed by atoms with Crippen LogP contribution in [0.15, 0.2) is 188 Å². The fourth-order valence-electron chi connectivity index (χ4n) is 8.47. The Bertz CT molecular complexity index is 3080. The Balaban J connectivity index is 1.16. The van der Waals surface area contributed by atoms with E-state index in [0.29, 0.717) is 0 Å². The van der Waals surface area contributed by atoms with Gasteiger partial charge in [0, 0.05) is 49.3 Å². The molecular weight excluding hydrogens is 619 g/mol. The Morgan fingerprint density at radius 2 is 0.725 bits per heavy atom. The molecule has 0 aliphatic carbocycles. The van der Waals surface area contributed by atoms with Crippen LogP contribution in [0.5, 0.6) is 0 Å². The minimum Gasteiger partial charge on any atom is -0.309 e. The first kappa shape index (κ1) is 28.0. The van der Waals surface area contributed by atoms with Crippen LogP contribution in [0.3, 0.4) is 0 Å². The molecule has 0 amide bonds. The molecule has 0 spiro atoms. The number of rotatable bonds is 4. The summed E-state index contributed by atoms with van der Waals surface area (Å²) in [5.41, 5.74) is 13.1. The molecule has 0 atom stereocenters. The van der Waals surface area contributed by atoms with Gasteiger partial charge in [0.2, 0.25) is 0 Å². The van der Waals surface area contributed by atoms with Crippen LogP contribution in [0.4, 0.5) is 0 Å². The molecule has 0 aliphatic heterocycles. The molecule has 11 aromatic rings. The van der Waals surface area contributed by atoms with E-state index < -0.39 is 0 Å². The van der Waals surface area contributed by atoms with Crippen LogP contribution in [-0.4, -0.2) is 13.7 Å². The van der Waals surface area contributed by atoms with Crippen LogP contribution in [0.25, 0.3) is 93.6 Å². The molecule has 3 heterocycles. The highest BCUT2D eigenvalue weighted by Crippen LogP contribution is 2.40. The second-order valence-electron chi connectivity index (χ2n) is 13.4. The van der Waals surface area contributed by atoms with Gasteiger partial charge in [0.1, 0.15) is 0 Å². The van der Waals surface area contributed by atoms with Crippen LogP contribution in [-0.2, 0) is 0 Å². The maximum atomic E-state index is 2.45. The number of aromatic nitrogens is 3. The topological polar surface area (TPSA) is 14.8 Å². The van der Waals surface area contributed by atoms with E-state index in [4.69, 9.17) is 0 Å². The Labute approximate surface area is 294 Å². The average molecular weight is 650 g/mol. The lowest BCUT2D eigenvalue weighted by molar-refractivity contribution is 1.16. The van der Waals surface area contributed by atoms with Gasteiger partial charge in [0.05, 0.1) is 38.8 Å². The molecule has 0 N–H and O–H groups in total. The third kappa shape index (κ3) is 4.06. The Hall–Kier alpha value is -6.84. The van der Waals surface area contributed by atoms with E-state index in [1.807, 2.05) is 0 Å². The zero-order chi connectivity index (χ0) is 33.5. The number of para-hydroxylation sites is 6. The summed E-state index contributed by atoms with van der Waals surface area (Å²) in [6, 6.07) is 68.5. The summed E-state index contributed by atoms with van der Waals surface area (Å²) in [5, 5.41) is 7.52. The molecule has 0 bridgehead atoms. The molecule has 8 aromatic carbocycles. The van der Waals surface area contributed by atoms with E-state index in [1.54, 1.807) is 0 Å². The predicted octanol–water partition coefficient (Wildman–Crippen LogP) is 12.6. The van der Waals surface area contributed by atoms with Crippen LogP contribution < -0.4 is 0 Å². The van der Waals surface area contributed by atoms with Crippen LogP contribution in [0.2, 0.25) is 0 Å². The van der Waals surface area contributed by atoms with Crippen molar-refractivity contribution in [3.8, 4) is 28.2 Å². The van der Waals surface area contributed by atoms with Crippen molar-refractivity contribution < 1.29 is 0 Å². The fourth-order valence-corrected chi connectivity index (χ4v) is 8.47. The molecule has 238 valence electrons. The highest BCUT2D eigenvalue weighted by molar-refractivity contribution is 6.13. The molecule has 0 unspecified atom stereocenters. The maximum absolute atomic E-state index is 2.45. The van der Waals surface area contributed by atoms with Crippen molar-refractivity contribution in [2.45, 2.75) is 0 Å². The zero-order valence-corrected chi connectivity index (χ0v) is 27.7. The van der Waals surface area contributed by atoms with E-state index >= 15 is 0 Å². The molecular formula is C48H31N3. The van der Waals surface area contributed by atoms with Crippen molar-refractivity contribution >= 4 is 65.4 Å².